The Kier molecular flexibility index (Phi) is 10.3. The number of aryl methyl sites for hydroxylation is 1. The van der Waals surface area contributed by atoms with Crippen LogP contribution in [0.15, 0.2) is 53.5 Å². The molecule has 0 amide bonds. The van der Waals surface area contributed by atoms with Gasteiger partial charge in [-0.25, -0.2) is 0 Å². The zero-order valence-electron chi connectivity index (χ0n) is 19.8. The van der Waals surface area contributed by atoms with Crippen molar-refractivity contribution in [3.63, 3.8) is 0 Å². The number of guanidine groups is 1. The predicted octanol–water partition coefficient (Wildman–Crippen LogP) is 4.21. The molecule has 7 heteroatoms. The summed E-state index contributed by atoms with van der Waals surface area (Å²) in [6, 6.07) is 17.4. The van der Waals surface area contributed by atoms with Crippen molar-refractivity contribution in [1.29, 1.82) is 0 Å². The molecule has 2 heterocycles. The molecule has 0 aliphatic carbocycles. The van der Waals surface area contributed by atoms with Gasteiger partial charge in [0, 0.05) is 58.7 Å². The van der Waals surface area contributed by atoms with Gasteiger partial charge in [-0.3, -0.25) is 4.99 Å². The number of hydrogen-bond acceptors (Lipinski definition) is 4. The van der Waals surface area contributed by atoms with Gasteiger partial charge in [0.25, 0.3) is 0 Å². The standard InChI is InChI=1S/C26H36N4O2.HI/c1-21-5-3-8-24(17-21)29-11-13-30(14-12-29)26(27-2)28-19-22-6-4-7-23(18-22)20-32-25-9-15-31-16-10-25;/h3-8,17-18,25H,9-16,19-20H2,1-2H3,(H,27,28);1H. The summed E-state index contributed by atoms with van der Waals surface area (Å²) in [5, 5.41) is 3.55. The quantitative estimate of drug-likeness (QED) is 0.324. The number of benzene rings is 2. The zero-order valence-corrected chi connectivity index (χ0v) is 22.2. The van der Waals surface area contributed by atoms with Gasteiger partial charge in [0.1, 0.15) is 0 Å². The molecule has 0 saturated carbocycles. The molecular formula is C26H37IN4O2. The van der Waals surface area contributed by atoms with E-state index >= 15 is 0 Å². The van der Waals surface area contributed by atoms with Crippen molar-refractivity contribution in [3.8, 4) is 0 Å². The van der Waals surface area contributed by atoms with Crippen LogP contribution in [0.25, 0.3) is 0 Å². The average molecular weight is 565 g/mol. The average Bonchev–Trinajstić information content (AvgIpc) is 2.84. The lowest BCUT2D eigenvalue weighted by molar-refractivity contribution is -0.0390. The molecule has 6 nitrogen and oxygen atoms in total. The van der Waals surface area contributed by atoms with Crippen LogP contribution in [0.1, 0.15) is 29.5 Å². The largest absolute Gasteiger partial charge is 0.381 e. The molecular weight excluding hydrogens is 527 g/mol. The summed E-state index contributed by atoms with van der Waals surface area (Å²) in [7, 11) is 1.87. The van der Waals surface area contributed by atoms with Crippen molar-refractivity contribution >= 4 is 35.6 Å². The summed E-state index contributed by atoms with van der Waals surface area (Å²) in [6.07, 6.45) is 2.31. The fourth-order valence-electron chi connectivity index (χ4n) is 4.40. The summed E-state index contributed by atoms with van der Waals surface area (Å²) >= 11 is 0. The highest BCUT2D eigenvalue weighted by Crippen LogP contribution is 2.18. The van der Waals surface area contributed by atoms with E-state index < -0.39 is 0 Å². The maximum atomic E-state index is 6.08. The van der Waals surface area contributed by atoms with E-state index in [0.29, 0.717) is 12.7 Å². The third-order valence-electron chi connectivity index (χ3n) is 6.25. The van der Waals surface area contributed by atoms with Crippen molar-refractivity contribution in [2.45, 2.75) is 39.0 Å². The number of aliphatic imine (C=N–C) groups is 1. The highest BCUT2D eigenvalue weighted by molar-refractivity contribution is 14.0. The van der Waals surface area contributed by atoms with E-state index in [1.54, 1.807) is 0 Å². The molecule has 0 radical (unpaired) electrons. The molecule has 180 valence electrons. The topological polar surface area (TPSA) is 49.3 Å². The molecule has 0 atom stereocenters. The van der Waals surface area contributed by atoms with Crippen LogP contribution in [-0.2, 0) is 22.6 Å². The molecule has 0 bridgehead atoms. The predicted molar refractivity (Wildman–Crippen MR) is 146 cm³/mol. The fourth-order valence-corrected chi connectivity index (χ4v) is 4.40. The summed E-state index contributed by atoms with van der Waals surface area (Å²) in [6.45, 7) is 9.13. The first-order valence-corrected chi connectivity index (χ1v) is 11.8. The fraction of sp³-hybridized carbons (Fsp3) is 0.500. The minimum Gasteiger partial charge on any atom is -0.381 e. The smallest absolute Gasteiger partial charge is 0.194 e. The summed E-state index contributed by atoms with van der Waals surface area (Å²) in [4.78, 5) is 9.34. The first-order chi connectivity index (χ1) is 15.7. The van der Waals surface area contributed by atoms with E-state index in [0.717, 1.165) is 64.7 Å². The Morgan fingerprint density at radius 1 is 1.03 bits per heavy atom. The van der Waals surface area contributed by atoms with Gasteiger partial charge in [-0.2, -0.15) is 0 Å². The molecule has 2 aromatic carbocycles. The maximum absolute atomic E-state index is 6.08. The van der Waals surface area contributed by atoms with Gasteiger partial charge in [-0.15, -0.1) is 24.0 Å². The van der Waals surface area contributed by atoms with Gasteiger partial charge in [0.05, 0.1) is 12.7 Å². The van der Waals surface area contributed by atoms with Crippen LogP contribution >= 0.6 is 24.0 Å². The molecule has 2 aliphatic heterocycles. The van der Waals surface area contributed by atoms with E-state index in [-0.39, 0.29) is 24.0 Å². The zero-order chi connectivity index (χ0) is 22.2. The highest BCUT2D eigenvalue weighted by Gasteiger charge is 2.20. The van der Waals surface area contributed by atoms with Crippen LogP contribution in [0.3, 0.4) is 0 Å². The minimum atomic E-state index is 0. The molecule has 2 saturated heterocycles. The second-order valence-electron chi connectivity index (χ2n) is 8.66. The Morgan fingerprint density at radius 3 is 2.48 bits per heavy atom. The number of hydrogen-bond donors (Lipinski definition) is 1. The van der Waals surface area contributed by atoms with Crippen LogP contribution in [-0.4, -0.2) is 63.4 Å². The Labute approximate surface area is 215 Å². The Hall–Kier alpha value is -1.84. The number of nitrogens with one attached hydrogen (secondary N) is 1. The second-order valence-corrected chi connectivity index (χ2v) is 8.66. The van der Waals surface area contributed by atoms with E-state index in [2.05, 4.69) is 75.6 Å². The van der Waals surface area contributed by atoms with Crippen molar-refractivity contribution < 1.29 is 9.47 Å². The second kappa shape index (κ2) is 13.2. The molecule has 0 unspecified atom stereocenters. The molecule has 0 spiro atoms. The lowest BCUT2D eigenvalue weighted by atomic mass is 10.1. The lowest BCUT2D eigenvalue weighted by Crippen LogP contribution is -2.52. The van der Waals surface area contributed by atoms with Gasteiger partial charge in [0.2, 0.25) is 0 Å². The normalized spacial score (nSPS) is 17.6. The number of ether oxygens (including phenoxy) is 2. The molecule has 0 aromatic heterocycles. The van der Waals surface area contributed by atoms with Gasteiger partial charge < -0.3 is 24.6 Å². The van der Waals surface area contributed by atoms with Gasteiger partial charge in [-0.05, 0) is 48.6 Å². The van der Waals surface area contributed by atoms with E-state index in [1.807, 2.05) is 7.05 Å². The Morgan fingerprint density at radius 2 is 1.76 bits per heavy atom. The van der Waals surface area contributed by atoms with Crippen molar-refractivity contribution in [2.75, 3.05) is 51.3 Å². The van der Waals surface area contributed by atoms with E-state index in [9.17, 15) is 0 Å². The monoisotopic (exact) mass is 564 g/mol. The number of nitrogens with zero attached hydrogens (tertiary/aromatic N) is 3. The molecule has 4 rings (SSSR count). The van der Waals surface area contributed by atoms with Gasteiger partial charge >= 0.3 is 0 Å². The van der Waals surface area contributed by atoms with Crippen molar-refractivity contribution in [2.24, 2.45) is 4.99 Å². The number of halogens is 1. The first-order valence-electron chi connectivity index (χ1n) is 11.8. The SMILES string of the molecule is CN=C(NCc1cccc(COC2CCOCC2)c1)N1CCN(c2cccc(C)c2)CC1.I. The van der Waals surface area contributed by atoms with Gasteiger partial charge in [0.15, 0.2) is 5.96 Å². The summed E-state index contributed by atoms with van der Waals surface area (Å²) in [5.41, 5.74) is 5.09. The lowest BCUT2D eigenvalue weighted by Gasteiger charge is -2.37. The minimum absolute atomic E-state index is 0. The third-order valence-corrected chi connectivity index (χ3v) is 6.25. The van der Waals surface area contributed by atoms with Crippen molar-refractivity contribution in [3.05, 3.63) is 65.2 Å². The molecule has 33 heavy (non-hydrogen) atoms. The number of piperazine rings is 1. The number of anilines is 1. The molecule has 2 aliphatic rings. The van der Waals surface area contributed by atoms with Crippen molar-refractivity contribution in [1.82, 2.24) is 10.2 Å². The van der Waals surface area contributed by atoms with Gasteiger partial charge in [-0.1, -0.05) is 36.4 Å². The molecule has 1 N–H and O–H groups in total. The van der Waals surface area contributed by atoms with Crippen LogP contribution in [0.4, 0.5) is 5.69 Å². The Balaban J connectivity index is 0.00000306. The van der Waals surface area contributed by atoms with E-state index in [4.69, 9.17) is 9.47 Å². The molecule has 2 aromatic rings. The van der Waals surface area contributed by atoms with Crippen LogP contribution < -0.4 is 10.2 Å². The van der Waals surface area contributed by atoms with Crippen LogP contribution in [0.2, 0.25) is 0 Å². The van der Waals surface area contributed by atoms with E-state index in [1.165, 1.54) is 22.4 Å². The van der Waals surface area contributed by atoms with Crippen LogP contribution in [0, 0.1) is 6.92 Å². The van der Waals surface area contributed by atoms with Crippen LogP contribution in [0.5, 0.6) is 0 Å². The third kappa shape index (κ3) is 7.58. The highest BCUT2D eigenvalue weighted by atomic mass is 127. The summed E-state index contributed by atoms with van der Waals surface area (Å²) < 4.78 is 11.5. The number of rotatable bonds is 6. The molecule has 2 fully saturated rings. The summed E-state index contributed by atoms with van der Waals surface area (Å²) in [5.74, 6) is 0.970. The Bertz CT molecular complexity index is 893. The maximum Gasteiger partial charge on any atom is 0.194 e. The first kappa shape index (κ1) is 25.8.